The number of nitrogens with zero attached hydrogens (tertiary/aromatic N) is 6. The lowest BCUT2D eigenvalue weighted by Crippen LogP contribution is -2.37. The Morgan fingerprint density at radius 3 is 2.76 bits per heavy atom. The summed E-state index contributed by atoms with van der Waals surface area (Å²) in [5.41, 5.74) is 6.05. The van der Waals surface area contributed by atoms with Gasteiger partial charge in [0, 0.05) is 19.9 Å². The van der Waals surface area contributed by atoms with Gasteiger partial charge in [-0.15, -0.1) is 0 Å². The van der Waals surface area contributed by atoms with Crippen molar-refractivity contribution in [2.75, 3.05) is 26.1 Å². The van der Waals surface area contributed by atoms with Crippen LogP contribution in [-0.2, 0) is 49.9 Å². The number of ether oxygens (including phenoxy) is 2. The van der Waals surface area contributed by atoms with E-state index in [1.807, 2.05) is 0 Å². The summed E-state index contributed by atoms with van der Waals surface area (Å²) in [5, 5.41) is 0.354. The highest BCUT2D eigenvalue weighted by Crippen LogP contribution is 2.58. The molecule has 42 heavy (non-hydrogen) atoms. The van der Waals surface area contributed by atoms with Gasteiger partial charge in [-0.25, -0.2) is 24.1 Å². The summed E-state index contributed by atoms with van der Waals surface area (Å²) >= 11 is 14.4. The number of methoxy groups -OCH3 is 1. The molecular formula is C20H23ClN8O9P2S2. The number of thiol groups is 2. The van der Waals surface area contributed by atoms with E-state index in [9.17, 15) is 13.9 Å². The first kappa shape index (κ1) is 30.0. The predicted octanol–water partition coefficient (Wildman–Crippen LogP) is 2.74. The second-order valence-corrected chi connectivity index (χ2v) is 15.4. The predicted molar refractivity (Wildman–Crippen MR) is 155 cm³/mol. The third-order valence-corrected chi connectivity index (χ3v) is 9.97. The van der Waals surface area contributed by atoms with Gasteiger partial charge >= 0.3 is 13.6 Å². The van der Waals surface area contributed by atoms with E-state index in [4.69, 9.17) is 44.9 Å². The maximum absolute atomic E-state index is 13.6. The summed E-state index contributed by atoms with van der Waals surface area (Å²) in [4.78, 5) is 31.8. The molecule has 1 saturated heterocycles. The van der Waals surface area contributed by atoms with E-state index in [0.29, 0.717) is 16.2 Å². The summed E-state index contributed by atoms with van der Waals surface area (Å²) in [5.74, 6) is 0.114. The fraction of sp³-hybridized carbons (Fsp3) is 0.450. The van der Waals surface area contributed by atoms with Gasteiger partial charge in [0.05, 0.1) is 24.6 Å². The zero-order chi connectivity index (χ0) is 29.8. The summed E-state index contributed by atoms with van der Waals surface area (Å²) in [7, 11) is 1.36. The van der Waals surface area contributed by atoms with Gasteiger partial charge in [0.1, 0.15) is 36.3 Å². The third kappa shape index (κ3) is 5.88. The van der Waals surface area contributed by atoms with Crippen LogP contribution in [0.25, 0.3) is 22.3 Å². The van der Waals surface area contributed by atoms with E-state index < -0.39 is 43.7 Å². The van der Waals surface area contributed by atoms with Crippen molar-refractivity contribution in [3.63, 3.8) is 0 Å². The van der Waals surface area contributed by atoms with Crippen molar-refractivity contribution in [1.29, 1.82) is 0 Å². The molecule has 2 aliphatic rings. The number of anilines is 1. The Kier molecular flexibility index (Phi) is 8.21. The molecule has 4 aromatic heterocycles. The van der Waals surface area contributed by atoms with E-state index in [0.717, 1.165) is 0 Å². The molecule has 3 N–H and O–H groups in total. The molecule has 0 amide bonds. The number of nitrogens with two attached hydrogens (primary N) is 1. The van der Waals surface area contributed by atoms with Crippen LogP contribution in [0, 0.1) is 0 Å². The molecule has 6 heterocycles. The Bertz CT molecular complexity index is 1820. The average Bonchev–Trinajstić information content (AvgIpc) is 3.58. The third-order valence-electron chi connectivity index (χ3n) is 6.50. The smallest absolute Gasteiger partial charge is 0.376 e. The number of pyridine rings is 1. The van der Waals surface area contributed by atoms with E-state index in [2.05, 4.69) is 49.4 Å². The topological polar surface area (TPSA) is 210 Å². The zero-order valence-electron chi connectivity index (χ0n) is 21.5. The number of fused-ring (bicyclic) bond motifs is 6. The molecule has 2 bridgehead atoms. The van der Waals surface area contributed by atoms with E-state index in [1.54, 1.807) is 10.6 Å². The summed E-state index contributed by atoms with van der Waals surface area (Å²) in [6.45, 7) is -8.76. The van der Waals surface area contributed by atoms with Gasteiger partial charge in [0.15, 0.2) is 23.0 Å². The van der Waals surface area contributed by atoms with Gasteiger partial charge in [0.2, 0.25) is 5.95 Å². The standard InChI is InChI=1S/C20H23ClN8O9P2S2/c1-33-14-11-6-35-39(31,41)34-3-2-28-12(25-10-4-9(21)5-23-16(10)28)7-36-40(32,42)38-15(14)19(37-11)29-8-24-13-17(29)26-20(22)27-18(13)30/h4-5,8,11,14-15,19H,2-3,6-7H2,1H3,(H,31,41)(H,32,42)(H3,22,26,27,30)/t11-,14-,15-,19-,39?,40?/m1/s1. The molecule has 22 heteroatoms. The minimum Gasteiger partial charge on any atom is -0.376 e. The monoisotopic (exact) mass is 680 g/mol. The van der Waals surface area contributed by atoms with Gasteiger partial charge in [0.25, 0.3) is 5.56 Å². The van der Waals surface area contributed by atoms with Crippen LogP contribution in [0.15, 0.2) is 23.4 Å². The summed E-state index contributed by atoms with van der Waals surface area (Å²) in [6, 6.07) is 1.59. The molecule has 0 aliphatic carbocycles. The highest BCUT2D eigenvalue weighted by molar-refractivity contribution is 8.44. The number of rotatable bonds is 2. The summed E-state index contributed by atoms with van der Waals surface area (Å²) in [6.07, 6.45) is -1.58. The molecule has 6 rings (SSSR count). The van der Waals surface area contributed by atoms with Crippen molar-refractivity contribution in [2.24, 2.45) is 0 Å². The second-order valence-electron chi connectivity index (χ2n) is 9.13. The largest absolute Gasteiger partial charge is 0.387 e. The van der Waals surface area contributed by atoms with Crippen LogP contribution in [0.2, 0.25) is 5.02 Å². The number of halogens is 1. The average molecular weight is 681 g/mol. The molecule has 226 valence electrons. The Balaban J connectivity index is 1.40. The lowest BCUT2D eigenvalue weighted by Gasteiger charge is -2.26. The number of nitrogens with one attached hydrogen (secondary N) is 1. The number of aromatic amines is 1. The molecule has 4 aromatic rings. The fourth-order valence-corrected chi connectivity index (χ4v) is 7.44. The van der Waals surface area contributed by atoms with Crippen LogP contribution < -0.4 is 11.3 Å². The Morgan fingerprint density at radius 2 is 1.98 bits per heavy atom. The van der Waals surface area contributed by atoms with E-state index in [1.165, 1.54) is 24.2 Å². The highest BCUT2D eigenvalue weighted by atomic mass is 35.5. The molecule has 6 atom stereocenters. The van der Waals surface area contributed by atoms with Crippen LogP contribution in [0.1, 0.15) is 12.1 Å². The van der Waals surface area contributed by atoms with Gasteiger partial charge in [-0.2, -0.15) is 4.98 Å². The van der Waals surface area contributed by atoms with Crippen molar-refractivity contribution in [3.05, 3.63) is 39.8 Å². The van der Waals surface area contributed by atoms with Gasteiger partial charge < -0.3 is 19.8 Å². The van der Waals surface area contributed by atoms with E-state index >= 15 is 0 Å². The summed E-state index contributed by atoms with van der Waals surface area (Å²) < 4.78 is 64.0. The molecular weight excluding hydrogens is 658 g/mol. The molecule has 2 aliphatic heterocycles. The SMILES string of the molecule is CO[C@H]1[C@H]2OP(=O)(S)OCc3nc4cc(Cl)cnc4n3CCOP(=O)(S)OC[C@H]1O[C@H]2n1cnc2c(=O)[nH]c(N)nc21. The van der Waals surface area contributed by atoms with Crippen molar-refractivity contribution < 1.29 is 36.7 Å². The first-order chi connectivity index (χ1) is 19.9. The normalized spacial score (nSPS) is 31.1. The van der Waals surface area contributed by atoms with Crippen LogP contribution in [0.4, 0.5) is 5.95 Å². The first-order valence-electron chi connectivity index (χ1n) is 12.1. The molecule has 0 aromatic carbocycles. The quantitative estimate of drug-likeness (QED) is 0.177. The van der Waals surface area contributed by atoms with Crippen LogP contribution in [0.5, 0.6) is 0 Å². The first-order valence-corrected chi connectivity index (χ1v) is 17.9. The van der Waals surface area contributed by atoms with Gasteiger partial charge in [-0.3, -0.25) is 32.4 Å². The number of hydrogen-bond acceptors (Lipinski definition) is 14. The Morgan fingerprint density at radius 1 is 1.17 bits per heavy atom. The number of hydrogen-bond donors (Lipinski definition) is 4. The fourth-order valence-electron chi connectivity index (χ4n) is 4.75. The van der Waals surface area contributed by atoms with Crippen molar-refractivity contribution in [3.8, 4) is 0 Å². The van der Waals surface area contributed by atoms with Crippen LogP contribution >= 0.6 is 49.7 Å². The van der Waals surface area contributed by atoms with Gasteiger partial charge in [-0.1, -0.05) is 36.1 Å². The lowest BCUT2D eigenvalue weighted by molar-refractivity contribution is -0.0497. The molecule has 1 fully saturated rings. The minimum absolute atomic E-state index is 0.0338. The molecule has 0 radical (unpaired) electrons. The zero-order valence-corrected chi connectivity index (χ0v) is 25.8. The van der Waals surface area contributed by atoms with Crippen molar-refractivity contribution in [2.45, 2.75) is 37.7 Å². The lowest BCUT2D eigenvalue weighted by atomic mass is 10.1. The number of aromatic nitrogens is 7. The van der Waals surface area contributed by atoms with Crippen LogP contribution in [-0.4, -0.2) is 72.7 Å². The van der Waals surface area contributed by atoms with Gasteiger partial charge in [-0.05, 0) is 6.07 Å². The van der Waals surface area contributed by atoms with Crippen molar-refractivity contribution in [1.82, 2.24) is 34.1 Å². The van der Waals surface area contributed by atoms with Crippen LogP contribution in [0.3, 0.4) is 0 Å². The number of nitrogen functional groups attached to an aromatic ring is 1. The van der Waals surface area contributed by atoms with Crippen molar-refractivity contribution >= 4 is 78.0 Å². The van der Waals surface area contributed by atoms with E-state index in [-0.39, 0.29) is 49.3 Å². The Labute approximate surface area is 251 Å². The molecule has 0 spiro atoms. The maximum atomic E-state index is 13.6. The highest BCUT2D eigenvalue weighted by Gasteiger charge is 2.51. The number of imidazole rings is 2. The molecule has 0 saturated carbocycles. The Hall–Kier alpha value is -2.02. The molecule has 2 unspecified atom stereocenters. The second kappa shape index (κ2) is 11.5. The maximum Gasteiger partial charge on any atom is 0.387 e. The number of H-pyrrole nitrogens is 1. The molecule has 17 nitrogen and oxygen atoms in total. The minimum atomic E-state index is -4.18.